The molecule has 0 saturated carbocycles. The van der Waals surface area contributed by atoms with Crippen molar-refractivity contribution in [3.05, 3.63) is 22.1 Å². The Labute approximate surface area is 90.6 Å². The van der Waals surface area contributed by atoms with Gasteiger partial charge in [0.1, 0.15) is 5.76 Å². The monoisotopic (exact) mass is 258 g/mol. The lowest BCUT2D eigenvalue weighted by Gasteiger charge is -2.03. The van der Waals surface area contributed by atoms with E-state index in [-0.39, 0.29) is 11.7 Å². The Kier molecular flexibility index (Phi) is 2.74. The number of hydrogen-bond acceptors (Lipinski definition) is 3. The van der Waals surface area contributed by atoms with E-state index in [2.05, 4.69) is 15.9 Å². The number of ketones is 1. The molecular formula is C10H11BrO3. The summed E-state index contributed by atoms with van der Waals surface area (Å²) in [6.45, 7) is 2.96. The highest BCUT2D eigenvalue weighted by molar-refractivity contribution is 9.10. The van der Waals surface area contributed by atoms with Crippen molar-refractivity contribution in [1.82, 2.24) is 0 Å². The highest BCUT2D eigenvalue weighted by Gasteiger charge is 2.24. The summed E-state index contributed by atoms with van der Waals surface area (Å²) in [4.78, 5) is 11.1. The maximum atomic E-state index is 11.1. The van der Waals surface area contributed by atoms with Gasteiger partial charge in [0, 0.05) is 25.5 Å². The maximum absolute atomic E-state index is 11.1. The molecule has 2 heterocycles. The Hall–Kier alpha value is -0.610. The van der Waals surface area contributed by atoms with E-state index < -0.39 is 0 Å². The first kappa shape index (κ1) is 9.93. The van der Waals surface area contributed by atoms with Gasteiger partial charge < -0.3 is 9.15 Å². The summed E-state index contributed by atoms with van der Waals surface area (Å²) in [5.74, 6) is 1.50. The molecule has 1 unspecified atom stereocenters. The third-order valence-corrected chi connectivity index (χ3v) is 2.98. The molecule has 2 rings (SSSR count). The lowest BCUT2D eigenvalue weighted by Crippen LogP contribution is -1.96. The smallest absolute Gasteiger partial charge is 0.194 e. The average molecular weight is 259 g/mol. The third-order valence-electron chi connectivity index (χ3n) is 2.36. The van der Waals surface area contributed by atoms with Gasteiger partial charge in [-0.25, -0.2) is 0 Å². The van der Waals surface area contributed by atoms with E-state index in [1.807, 2.05) is 0 Å². The van der Waals surface area contributed by atoms with Crippen LogP contribution in [0.25, 0.3) is 0 Å². The van der Waals surface area contributed by atoms with Crippen LogP contribution in [0.5, 0.6) is 0 Å². The summed E-state index contributed by atoms with van der Waals surface area (Å²) >= 11 is 3.39. The number of rotatable bonds is 2. The number of carbonyl (C=O) groups is 1. The fourth-order valence-corrected chi connectivity index (χ4v) is 2.19. The normalized spacial score (nSPS) is 21.4. The fraction of sp³-hybridized carbons (Fsp3) is 0.500. The molecule has 1 atom stereocenters. The van der Waals surface area contributed by atoms with Crippen molar-refractivity contribution in [2.45, 2.75) is 19.3 Å². The minimum Gasteiger partial charge on any atom is -0.456 e. The molecule has 0 spiro atoms. The summed E-state index contributed by atoms with van der Waals surface area (Å²) in [6.07, 6.45) is 0.962. The number of furan rings is 1. The molecule has 0 aromatic carbocycles. The van der Waals surface area contributed by atoms with Crippen LogP contribution in [0.3, 0.4) is 0 Å². The van der Waals surface area contributed by atoms with E-state index in [1.165, 1.54) is 6.92 Å². The van der Waals surface area contributed by atoms with Crippen LogP contribution < -0.4 is 0 Å². The van der Waals surface area contributed by atoms with Gasteiger partial charge in [-0.1, -0.05) is 0 Å². The van der Waals surface area contributed by atoms with Crippen LogP contribution >= 0.6 is 15.9 Å². The number of Topliss-reactive ketones (excluding diaryl/α,β-unsaturated/α-hetero) is 1. The highest BCUT2D eigenvalue weighted by atomic mass is 79.9. The predicted molar refractivity (Wildman–Crippen MR) is 54.6 cm³/mol. The van der Waals surface area contributed by atoms with E-state index in [9.17, 15) is 4.79 Å². The molecule has 0 bridgehead atoms. The Morgan fingerprint density at radius 3 is 2.93 bits per heavy atom. The van der Waals surface area contributed by atoms with Crippen molar-refractivity contribution in [2.75, 3.05) is 13.2 Å². The Bertz CT molecular complexity index is 350. The zero-order valence-electron chi connectivity index (χ0n) is 7.88. The van der Waals surface area contributed by atoms with Gasteiger partial charge in [-0.15, -0.1) is 0 Å². The van der Waals surface area contributed by atoms with Gasteiger partial charge >= 0.3 is 0 Å². The van der Waals surface area contributed by atoms with Crippen LogP contribution in [0, 0.1) is 0 Å². The van der Waals surface area contributed by atoms with Crippen molar-refractivity contribution >= 4 is 21.7 Å². The van der Waals surface area contributed by atoms with E-state index in [4.69, 9.17) is 9.15 Å². The molecule has 76 valence electrons. The zero-order valence-corrected chi connectivity index (χ0v) is 9.46. The molecule has 0 aliphatic carbocycles. The zero-order chi connectivity index (χ0) is 10.1. The molecule has 1 aromatic rings. The van der Waals surface area contributed by atoms with Gasteiger partial charge in [-0.2, -0.15) is 0 Å². The first-order valence-electron chi connectivity index (χ1n) is 4.56. The molecule has 14 heavy (non-hydrogen) atoms. The maximum Gasteiger partial charge on any atom is 0.194 e. The Balaban J connectivity index is 2.28. The summed E-state index contributed by atoms with van der Waals surface area (Å²) in [6, 6.07) is 1.73. The Morgan fingerprint density at radius 2 is 2.43 bits per heavy atom. The number of hydrogen-bond donors (Lipinski definition) is 0. The van der Waals surface area contributed by atoms with Gasteiger partial charge in [-0.05, 0) is 22.4 Å². The molecular weight excluding hydrogens is 248 g/mol. The second-order valence-electron chi connectivity index (χ2n) is 3.44. The number of carbonyl (C=O) groups excluding carboxylic acids is 1. The van der Waals surface area contributed by atoms with Crippen molar-refractivity contribution in [1.29, 1.82) is 0 Å². The van der Waals surface area contributed by atoms with Crippen LogP contribution in [-0.2, 0) is 4.74 Å². The highest BCUT2D eigenvalue weighted by Crippen LogP contribution is 2.33. The minimum atomic E-state index is -0.0455. The summed E-state index contributed by atoms with van der Waals surface area (Å²) in [7, 11) is 0. The topological polar surface area (TPSA) is 39.4 Å². The molecule has 1 aliphatic rings. The van der Waals surface area contributed by atoms with Crippen molar-refractivity contribution < 1.29 is 13.9 Å². The molecule has 4 heteroatoms. The second kappa shape index (κ2) is 3.87. The molecule has 0 N–H and O–H groups in total. The summed E-state index contributed by atoms with van der Waals surface area (Å²) in [5.41, 5.74) is 0. The molecule has 1 saturated heterocycles. The van der Waals surface area contributed by atoms with Crippen LogP contribution in [0.15, 0.2) is 15.0 Å². The van der Waals surface area contributed by atoms with Gasteiger partial charge in [0.05, 0.1) is 11.1 Å². The first-order valence-corrected chi connectivity index (χ1v) is 5.35. The molecule has 0 amide bonds. The van der Waals surface area contributed by atoms with E-state index in [0.29, 0.717) is 12.4 Å². The quantitative estimate of drug-likeness (QED) is 0.766. The molecule has 3 nitrogen and oxygen atoms in total. The predicted octanol–water partition coefficient (Wildman–Crippen LogP) is 2.75. The van der Waals surface area contributed by atoms with Gasteiger partial charge in [0.25, 0.3) is 0 Å². The second-order valence-corrected chi connectivity index (χ2v) is 4.29. The van der Waals surface area contributed by atoms with Crippen molar-refractivity contribution in [3.63, 3.8) is 0 Å². The van der Waals surface area contributed by atoms with Gasteiger partial charge in [-0.3, -0.25) is 4.79 Å². The molecule has 1 fully saturated rings. The largest absolute Gasteiger partial charge is 0.456 e. The van der Waals surface area contributed by atoms with Crippen LogP contribution in [0.2, 0.25) is 0 Å². The lowest BCUT2D eigenvalue weighted by molar-refractivity contribution is 0.0984. The standard InChI is InChI=1S/C10H11BrO3/c1-6(12)9-4-8(11)10(14-9)7-2-3-13-5-7/h4,7H,2-3,5H2,1H3. The van der Waals surface area contributed by atoms with Gasteiger partial charge in [0.15, 0.2) is 11.5 Å². The Morgan fingerprint density at radius 1 is 1.64 bits per heavy atom. The van der Waals surface area contributed by atoms with Crippen molar-refractivity contribution in [3.8, 4) is 0 Å². The lowest BCUT2D eigenvalue weighted by atomic mass is 10.1. The summed E-state index contributed by atoms with van der Waals surface area (Å²) < 4.78 is 11.6. The van der Waals surface area contributed by atoms with Crippen LogP contribution in [-0.4, -0.2) is 19.0 Å². The van der Waals surface area contributed by atoms with Gasteiger partial charge in [0.2, 0.25) is 0 Å². The van der Waals surface area contributed by atoms with E-state index >= 15 is 0 Å². The third kappa shape index (κ3) is 1.77. The van der Waals surface area contributed by atoms with Crippen LogP contribution in [0.1, 0.15) is 35.6 Å². The average Bonchev–Trinajstić information content (AvgIpc) is 2.71. The molecule has 1 aliphatic heterocycles. The van der Waals surface area contributed by atoms with Crippen molar-refractivity contribution in [2.24, 2.45) is 0 Å². The fourth-order valence-electron chi connectivity index (χ4n) is 1.58. The minimum absolute atomic E-state index is 0.0455. The van der Waals surface area contributed by atoms with Crippen LogP contribution in [0.4, 0.5) is 0 Å². The van der Waals surface area contributed by atoms with E-state index in [0.717, 1.165) is 23.3 Å². The number of ether oxygens (including phenoxy) is 1. The molecule has 1 aromatic heterocycles. The summed E-state index contributed by atoms with van der Waals surface area (Å²) in [5, 5.41) is 0. The van der Waals surface area contributed by atoms with E-state index in [1.54, 1.807) is 6.07 Å². The molecule has 0 radical (unpaired) electrons. The SMILES string of the molecule is CC(=O)c1cc(Br)c(C2CCOC2)o1. The first-order chi connectivity index (χ1) is 6.68. The number of halogens is 1.